The number of rotatable bonds is 4. The maximum Gasteiger partial charge on any atom is 0.230 e. The molecule has 1 aromatic heterocycles. The predicted octanol–water partition coefficient (Wildman–Crippen LogP) is 3.42. The molecule has 0 aliphatic carbocycles. The Balaban J connectivity index is 1.77. The third kappa shape index (κ3) is 4.41. The maximum atomic E-state index is 13.2. The smallest absolute Gasteiger partial charge is 0.230 e. The van der Waals surface area contributed by atoms with E-state index in [2.05, 4.69) is 6.07 Å². The van der Waals surface area contributed by atoms with Crippen LogP contribution in [0.2, 0.25) is 5.02 Å². The summed E-state index contributed by atoms with van der Waals surface area (Å²) in [6.45, 7) is 3.96. The molecule has 0 saturated carbocycles. The van der Waals surface area contributed by atoms with Crippen molar-refractivity contribution in [3.8, 4) is 0 Å². The summed E-state index contributed by atoms with van der Waals surface area (Å²) in [5, 5.41) is 2.70. The van der Waals surface area contributed by atoms with E-state index in [1.54, 1.807) is 23.2 Å². The van der Waals surface area contributed by atoms with Crippen LogP contribution < -0.4 is 0 Å². The van der Waals surface area contributed by atoms with E-state index < -0.39 is 0 Å². The summed E-state index contributed by atoms with van der Waals surface area (Å²) in [6, 6.07) is 11.6. The van der Waals surface area contributed by atoms with Crippen LogP contribution in [0.4, 0.5) is 0 Å². The number of halogens is 1. The van der Waals surface area contributed by atoms with Crippen LogP contribution in [0.5, 0.6) is 0 Å². The molecule has 0 radical (unpaired) electrons. The Hall–Kier alpha value is -1.85. The minimum Gasteiger partial charge on any atom is -0.339 e. The largest absolute Gasteiger partial charge is 0.339 e. The fourth-order valence-electron chi connectivity index (χ4n) is 3.13. The molecule has 132 valence electrons. The summed E-state index contributed by atoms with van der Waals surface area (Å²) in [5.74, 6) is -0.0290. The van der Waals surface area contributed by atoms with E-state index in [0.29, 0.717) is 37.6 Å². The average Bonchev–Trinajstić information content (AvgIpc) is 3.13. The number of carbonyl (C=O) groups is 2. The molecular weight excluding hydrogens is 356 g/mol. The molecule has 1 atom stereocenters. The van der Waals surface area contributed by atoms with Crippen LogP contribution in [0.25, 0.3) is 0 Å². The van der Waals surface area contributed by atoms with E-state index >= 15 is 0 Å². The van der Waals surface area contributed by atoms with Crippen molar-refractivity contribution >= 4 is 34.8 Å². The zero-order chi connectivity index (χ0) is 17.8. The van der Waals surface area contributed by atoms with Gasteiger partial charge in [-0.1, -0.05) is 29.8 Å². The van der Waals surface area contributed by atoms with Crippen molar-refractivity contribution in [2.75, 3.05) is 26.2 Å². The van der Waals surface area contributed by atoms with Crippen LogP contribution in [0, 0.1) is 0 Å². The number of thiophene rings is 1. The number of hydrogen-bond acceptors (Lipinski definition) is 3. The Morgan fingerprint density at radius 2 is 1.72 bits per heavy atom. The molecule has 2 amide bonds. The topological polar surface area (TPSA) is 40.6 Å². The standard InChI is InChI=1S/C19H21ClN2O2S/c1-14(23)21-8-10-22(11-9-21)19(24)18(13-17-3-2-12-25-17)15-4-6-16(20)7-5-15/h2-7,12,18H,8-11,13H2,1H3. The van der Waals surface area contributed by atoms with Gasteiger partial charge < -0.3 is 9.80 Å². The van der Waals surface area contributed by atoms with E-state index in [-0.39, 0.29) is 17.7 Å². The maximum absolute atomic E-state index is 13.2. The highest BCUT2D eigenvalue weighted by atomic mass is 35.5. The highest BCUT2D eigenvalue weighted by molar-refractivity contribution is 7.09. The lowest BCUT2D eigenvalue weighted by molar-refractivity contribution is -0.139. The number of hydrogen-bond donors (Lipinski definition) is 0. The van der Waals surface area contributed by atoms with Crippen molar-refractivity contribution in [3.63, 3.8) is 0 Å². The van der Waals surface area contributed by atoms with Crippen LogP contribution in [0.1, 0.15) is 23.3 Å². The summed E-state index contributed by atoms with van der Waals surface area (Å²) < 4.78 is 0. The molecule has 6 heteroatoms. The first kappa shape index (κ1) is 18.0. The van der Waals surface area contributed by atoms with Gasteiger partial charge in [0.2, 0.25) is 11.8 Å². The summed E-state index contributed by atoms with van der Waals surface area (Å²) in [5.41, 5.74) is 0.983. The fourth-order valence-corrected chi connectivity index (χ4v) is 4.01. The van der Waals surface area contributed by atoms with Crippen molar-refractivity contribution < 1.29 is 9.59 Å². The van der Waals surface area contributed by atoms with E-state index in [0.717, 1.165) is 5.56 Å². The molecule has 2 heterocycles. The Kier molecular flexibility index (Phi) is 5.76. The van der Waals surface area contributed by atoms with Crippen molar-refractivity contribution in [1.29, 1.82) is 0 Å². The summed E-state index contributed by atoms with van der Waals surface area (Å²) >= 11 is 7.67. The monoisotopic (exact) mass is 376 g/mol. The lowest BCUT2D eigenvalue weighted by atomic mass is 9.93. The number of carbonyl (C=O) groups excluding carboxylic acids is 2. The van der Waals surface area contributed by atoms with Gasteiger partial charge in [-0.15, -0.1) is 11.3 Å². The quantitative estimate of drug-likeness (QED) is 0.820. The number of amides is 2. The molecule has 2 aromatic rings. The van der Waals surface area contributed by atoms with E-state index in [4.69, 9.17) is 11.6 Å². The Labute approximate surface area is 157 Å². The highest BCUT2D eigenvalue weighted by Crippen LogP contribution is 2.27. The van der Waals surface area contributed by atoms with Gasteiger partial charge in [-0.05, 0) is 35.6 Å². The number of nitrogens with zero attached hydrogens (tertiary/aromatic N) is 2. The zero-order valence-electron chi connectivity index (χ0n) is 14.2. The lowest BCUT2D eigenvalue weighted by Gasteiger charge is -2.36. The van der Waals surface area contributed by atoms with Crippen LogP contribution in [0.15, 0.2) is 41.8 Å². The zero-order valence-corrected chi connectivity index (χ0v) is 15.7. The molecule has 1 saturated heterocycles. The third-order valence-electron chi connectivity index (χ3n) is 4.59. The molecule has 1 fully saturated rings. The number of benzene rings is 1. The molecule has 0 bridgehead atoms. The van der Waals surface area contributed by atoms with E-state index in [9.17, 15) is 9.59 Å². The average molecular weight is 377 g/mol. The van der Waals surface area contributed by atoms with Gasteiger partial charge in [0.05, 0.1) is 5.92 Å². The predicted molar refractivity (Wildman–Crippen MR) is 101 cm³/mol. The van der Waals surface area contributed by atoms with E-state index in [1.807, 2.05) is 40.6 Å². The summed E-state index contributed by atoms with van der Waals surface area (Å²) in [4.78, 5) is 29.5. The van der Waals surface area contributed by atoms with Gasteiger partial charge in [0.1, 0.15) is 0 Å². The molecule has 1 aliphatic rings. The Morgan fingerprint density at radius 1 is 1.08 bits per heavy atom. The fraction of sp³-hybridized carbons (Fsp3) is 0.368. The Morgan fingerprint density at radius 3 is 2.28 bits per heavy atom. The Bertz CT molecular complexity index is 722. The first-order valence-electron chi connectivity index (χ1n) is 8.37. The van der Waals surface area contributed by atoms with Gasteiger partial charge in [-0.25, -0.2) is 0 Å². The summed E-state index contributed by atoms with van der Waals surface area (Å²) in [6.07, 6.45) is 0.686. The third-order valence-corrected chi connectivity index (χ3v) is 5.74. The van der Waals surface area contributed by atoms with Gasteiger partial charge in [0.25, 0.3) is 0 Å². The van der Waals surface area contributed by atoms with Gasteiger partial charge in [0.15, 0.2) is 0 Å². The first-order chi connectivity index (χ1) is 12.0. The number of piperazine rings is 1. The molecule has 0 spiro atoms. The molecule has 1 aliphatic heterocycles. The van der Waals surface area contributed by atoms with Crippen molar-refractivity contribution in [2.45, 2.75) is 19.3 Å². The molecule has 1 unspecified atom stereocenters. The van der Waals surface area contributed by atoms with Crippen LogP contribution >= 0.6 is 22.9 Å². The van der Waals surface area contributed by atoms with Crippen molar-refractivity contribution in [1.82, 2.24) is 9.80 Å². The SMILES string of the molecule is CC(=O)N1CCN(C(=O)C(Cc2cccs2)c2ccc(Cl)cc2)CC1. The molecule has 4 nitrogen and oxygen atoms in total. The van der Waals surface area contributed by atoms with Crippen LogP contribution in [0.3, 0.4) is 0 Å². The van der Waals surface area contributed by atoms with Crippen LogP contribution in [-0.2, 0) is 16.0 Å². The second-order valence-electron chi connectivity index (χ2n) is 6.22. The van der Waals surface area contributed by atoms with Gasteiger partial charge in [-0.3, -0.25) is 9.59 Å². The normalized spacial score (nSPS) is 15.9. The molecule has 1 aromatic carbocycles. The highest BCUT2D eigenvalue weighted by Gasteiger charge is 2.29. The molecule has 0 N–H and O–H groups in total. The van der Waals surface area contributed by atoms with Crippen LogP contribution in [-0.4, -0.2) is 47.8 Å². The second kappa shape index (κ2) is 8.02. The summed E-state index contributed by atoms with van der Waals surface area (Å²) in [7, 11) is 0. The molecule has 3 rings (SSSR count). The van der Waals surface area contributed by atoms with Crippen molar-refractivity contribution in [3.05, 3.63) is 57.2 Å². The lowest BCUT2D eigenvalue weighted by Crippen LogP contribution is -2.51. The molecular formula is C19H21ClN2O2S. The van der Waals surface area contributed by atoms with Gasteiger partial charge in [0, 0.05) is 43.0 Å². The van der Waals surface area contributed by atoms with Crippen molar-refractivity contribution in [2.24, 2.45) is 0 Å². The molecule has 25 heavy (non-hydrogen) atoms. The minimum atomic E-state index is -0.222. The van der Waals surface area contributed by atoms with E-state index in [1.165, 1.54) is 4.88 Å². The first-order valence-corrected chi connectivity index (χ1v) is 9.62. The van der Waals surface area contributed by atoms with Gasteiger partial charge in [-0.2, -0.15) is 0 Å². The minimum absolute atomic E-state index is 0.0694. The second-order valence-corrected chi connectivity index (χ2v) is 7.69. The van der Waals surface area contributed by atoms with Gasteiger partial charge >= 0.3 is 0 Å².